The Morgan fingerprint density at radius 3 is 2.94 bits per heavy atom. The molecule has 3 heterocycles. The van der Waals surface area contributed by atoms with Gasteiger partial charge >= 0.3 is 0 Å². The molecule has 0 bridgehead atoms. The Morgan fingerprint density at radius 1 is 1.31 bits per heavy atom. The summed E-state index contributed by atoms with van der Waals surface area (Å²) in [5.74, 6) is 3.19. The van der Waals surface area contributed by atoms with Crippen LogP contribution in [0.5, 0.6) is 0 Å². The van der Waals surface area contributed by atoms with E-state index in [4.69, 9.17) is 11.6 Å². The molecule has 1 aliphatic heterocycles. The Labute approximate surface area is 103 Å². The molecule has 1 aliphatic rings. The molecule has 0 amide bonds. The molecule has 1 fully saturated rings. The second-order valence-corrected chi connectivity index (χ2v) is 5.28. The summed E-state index contributed by atoms with van der Waals surface area (Å²) in [6, 6.07) is 1.83. The van der Waals surface area contributed by atoms with E-state index >= 15 is 0 Å². The first-order valence-corrected chi connectivity index (χ1v) is 6.69. The summed E-state index contributed by atoms with van der Waals surface area (Å²) < 4.78 is 1.99. The first-order chi connectivity index (χ1) is 7.84. The van der Waals surface area contributed by atoms with Crippen LogP contribution in [0.4, 0.5) is 5.95 Å². The van der Waals surface area contributed by atoms with Crippen LogP contribution in [-0.4, -0.2) is 39.0 Å². The van der Waals surface area contributed by atoms with Crippen molar-refractivity contribution < 1.29 is 0 Å². The average molecular weight is 255 g/mol. The van der Waals surface area contributed by atoms with Gasteiger partial charge in [0.2, 0.25) is 5.95 Å². The van der Waals surface area contributed by atoms with Crippen LogP contribution in [0.25, 0.3) is 5.52 Å². The Balaban J connectivity index is 2.09. The first kappa shape index (κ1) is 10.2. The van der Waals surface area contributed by atoms with Crippen LogP contribution in [0.2, 0.25) is 5.15 Å². The summed E-state index contributed by atoms with van der Waals surface area (Å²) >= 11 is 7.99. The van der Waals surface area contributed by atoms with Crippen LogP contribution in [0.1, 0.15) is 0 Å². The number of hydrogen-bond acceptors (Lipinski definition) is 4. The van der Waals surface area contributed by atoms with Gasteiger partial charge in [0, 0.05) is 30.7 Å². The number of aromatic nitrogens is 3. The number of imidazole rings is 1. The lowest BCUT2D eigenvalue weighted by Gasteiger charge is -2.27. The maximum Gasteiger partial charge on any atom is 0.212 e. The molecule has 0 atom stereocenters. The quantitative estimate of drug-likeness (QED) is 0.729. The minimum Gasteiger partial charge on any atom is -0.340 e. The van der Waals surface area contributed by atoms with Crippen molar-refractivity contribution in [3.8, 4) is 0 Å². The largest absolute Gasteiger partial charge is 0.340 e. The third kappa shape index (κ3) is 1.74. The lowest BCUT2D eigenvalue weighted by atomic mass is 10.5. The molecular formula is C10H11ClN4S. The molecule has 84 valence electrons. The van der Waals surface area contributed by atoms with E-state index in [1.807, 2.05) is 22.2 Å². The number of hydrogen-bond donors (Lipinski definition) is 0. The minimum atomic E-state index is 0.529. The third-order valence-corrected chi connectivity index (χ3v) is 3.79. The van der Waals surface area contributed by atoms with Gasteiger partial charge in [-0.15, -0.1) is 0 Å². The van der Waals surface area contributed by atoms with Crippen LogP contribution < -0.4 is 4.90 Å². The van der Waals surface area contributed by atoms with E-state index in [2.05, 4.69) is 14.9 Å². The zero-order chi connectivity index (χ0) is 11.0. The van der Waals surface area contributed by atoms with E-state index in [9.17, 15) is 0 Å². The highest BCUT2D eigenvalue weighted by Gasteiger charge is 2.16. The molecular weight excluding hydrogens is 244 g/mol. The van der Waals surface area contributed by atoms with Crippen molar-refractivity contribution in [2.24, 2.45) is 0 Å². The standard InChI is InChI=1S/C10H11ClN4S/c11-9-5-8-6-12-7-15(8)10(13-9)14-1-3-16-4-2-14/h5-7H,1-4H2. The molecule has 3 rings (SSSR count). The normalized spacial score (nSPS) is 16.9. The highest BCUT2D eigenvalue weighted by atomic mass is 35.5. The van der Waals surface area contributed by atoms with Gasteiger partial charge in [0.25, 0.3) is 0 Å². The number of halogens is 1. The van der Waals surface area contributed by atoms with E-state index in [0.717, 1.165) is 36.1 Å². The number of anilines is 1. The van der Waals surface area contributed by atoms with Gasteiger partial charge in [-0.25, -0.2) is 9.97 Å². The van der Waals surface area contributed by atoms with Crippen molar-refractivity contribution in [2.75, 3.05) is 29.5 Å². The highest BCUT2D eigenvalue weighted by molar-refractivity contribution is 7.99. The van der Waals surface area contributed by atoms with Gasteiger partial charge in [0.05, 0.1) is 11.7 Å². The maximum absolute atomic E-state index is 6.02. The van der Waals surface area contributed by atoms with Gasteiger partial charge in [0.1, 0.15) is 11.5 Å². The van der Waals surface area contributed by atoms with E-state index in [1.54, 1.807) is 12.5 Å². The summed E-state index contributed by atoms with van der Waals surface area (Å²) in [7, 11) is 0. The molecule has 0 N–H and O–H groups in total. The van der Waals surface area contributed by atoms with Crippen LogP contribution in [-0.2, 0) is 0 Å². The van der Waals surface area contributed by atoms with E-state index < -0.39 is 0 Å². The summed E-state index contributed by atoms with van der Waals surface area (Å²) in [6.45, 7) is 2.04. The average Bonchev–Trinajstić information content (AvgIpc) is 2.77. The van der Waals surface area contributed by atoms with Gasteiger partial charge in [-0.3, -0.25) is 4.40 Å². The topological polar surface area (TPSA) is 33.4 Å². The summed E-state index contributed by atoms with van der Waals surface area (Å²) in [6.07, 6.45) is 3.59. The predicted molar refractivity (Wildman–Crippen MR) is 67.5 cm³/mol. The Kier molecular flexibility index (Phi) is 2.65. The van der Waals surface area contributed by atoms with Crippen molar-refractivity contribution in [1.29, 1.82) is 0 Å². The van der Waals surface area contributed by atoms with Crippen molar-refractivity contribution in [3.05, 3.63) is 23.7 Å². The van der Waals surface area contributed by atoms with Gasteiger partial charge in [-0.1, -0.05) is 11.6 Å². The van der Waals surface area contributed by atoms with Crippen LogP contribution in [0.3, 0.4) is 0 Å². The van der Waals surface area contributed by atoms with Gasteiger partial charge in [-0.05, 0) is 0 Å². The molecule has 2 aromatic rings. The SMILES string of the molecule is Clc1cc2cncn2c(N2CCSCC2)n1. The second-order valence-electron chi connectivity index (χ2n) is 3.67. The van der Waals surface area contributed by atoms with Crippen LogP contribution in [0.15, 0.2) is 18.6 Å². The van der Waals surface area contributed by atoms with Crippen LogP contribution >= 0.6 is 23.4 Å². The maximum atomic E-state index is 6.02. The molecule has 1 saturated heterocycles. The van der Waals surface area contributed by atoms with Crippen molar-refractivity contribution in [3.63, 3.8) is 0 Å². The minimum absolute atomic E-state index is 0.529. The van der Waals surface area contributed by atoms with Gasteiger partial charge in [0.15, 0.2) is 0 Å². The fourth-order valence-electron chi connectivity index (χ4n) is 1.87. The molecule has 4 nitrogen and oxygen atoms in total. The lowest BCUT2D eigenvalue weighted by molar-refractivity contribution is 0.802. The fourth-order valence-corrected chi connectivity index (χ4v) is 2.96. The highest BCUT2D eigenvalue weighted by Crippen LogP contribution is 2.21. The zero-order valence-corrected chi connectivity index (χ0v) is 10.2. The monoisotopic (exact) mass is 254 g/mol. The molecule has 0 unspecified atom stereocenters. The second kappa shape index (κ2) is 4.14. The van der Waals surface area contributed by atoms with Gasteiger partial charge in [-0.2, -0.15) is 11.8 Å². The predicted octanol–water partition coefficient (Wildman–Crippen LogP) is 1.94. The number of nitrogens with zero attached hydrogens (tertiary/aromatic N) is 4. The summed E-state index contributed by atoms with van der Waals surface area (Å²) in [4.78, 5) is 10.8. The van der Waals surface area contributed by atoms with Crippen LogP contribution in [0, 0.1) is 0 Å². The van der Waals surface area contributed by atoms with E-state index in [-0.39, 0.29) is 0 Å². The molecule has 0 aromatic carbocycles. The smallest absolute Gasteiger partial charge is 0.212 e. The van der Waals surface area contributed by atoms with Crippen molar-refractivity contribution in [2.45, 2.75) is 0 Å². The molecule has 0 saturated carbocycles. The molecule has 6 heteroatoms. The van der Waals surface area contributed by atoms with E-state index in [1.165, 1.54) is 0 Å². The Morgan fingerprint density at radius 2 is 2.12 bits per heavy atom. The van der Waals surface area contributed by atoms with E-state index in [0.29, 0.717) is 5.15 Å². The third-order valence-electron chi connectivity index (χ3n) is 2.65. The first-order valence-electron chi connectivity index (χ1n) is 5.16. The molecule has 0 radical (unpaired) electrons. The number of fused-ring (bicyclic) bond motifs is 1. The molecule has 0 aliphatic carbocycles. The summed E-state index contributed by atoms with van der Waals surface area (Å²) in [5, 5.41) is 0.529. The number of rotatable bonds is 1. The fraction of sp³-hybridized carbons (Fsp3) is 0.400. The summed E-state index contributed by atoms with van der Waals surface area (Å²) in [5.41, 5.74) is 0.994. The number of thioether (sulfide) groups is 1. The van der Waals surface area contributed by atoms with Gasteiger partial charge < -0.3 is 4.90 Å². The Bertz CT molecular complexity index is 506. The lowest BCUT2D eigenvalue weighted by Crippen LogP contribution is -2.34. The molecule has 0 spiro atoms. The molecule has 2 aromatic heterocycles. The zero-order valence-electron chi connectivity index (χ0n) is 8.64. The molecule has 16 heavy (non-hydrogen) atoms. The van der Waals surface area contributed by atoms with Crippen molar-refractivity contribution in [1.82, 2.24) is 14.4 Å². The van der Waals surface area contributed by atoms with Crippen molar-refractivity contribution >= 4 is 34.8 Å². The Hall–Kier alpha value is -0.940.